The molecular weight excluding hydrogens is 144 g/mol. The number of rotatable bonds is 3. The van der Waals surface area contributed by atoms with Gasteiger partial charge in [0.2, 0.25) is 0 Å². The summed E-state index contributed by atoms with van der Waals surface area (Å²) in [5.74, 6) is -0.675. The Bertz CT molecular complexity index is 230. The number of hydrogen-bond donors (Lipinski definition) is 0. The zero-order chi connectivity index (χ0) is 8.10. The number of ether oxygens (including phenoxy) is 1. The fraction of sp³-hybridized carbons (Fsp3) is 0.125. The first-order valence-corrected chi connectivity index (χ1v) is 3.17. The molecule has 1 aromatic rings. The number of carbonyl (C=O) groups excluding carboxylic acids is 1. The molecule has 0 amide bonds. The summed E-state index contributed by atoms with van der Waals surface area (Å²) < 4.78 is 4.81. The van der Waals surface area contributed by atoms with Crippen molar-refractivity contribution in [3.63, 3.8) is 0 Å². The Morgan fingerprint density at radius 3 is 2.55 bits per heavy atom. The van der Waals surface area contributed by atoms with E-state index in [0.717, 1.165) is 0 Å². The molecule has 0 atom stereocenters. The molecule has 0 fully saturated rings. The van der Waals surface area contributed by atoms with Crippen LogP contribution in [0.15, 0.2) is 30.3 Å². The molecule has 0 saturated carbocycles. The third-order valence-corrected chi connectivity index (χ3v) is 1.10. The van der Waals surface area contributed by atoms with Crippen LogP contribution in [0.1, 0.15) is 0 Å². The van der Waals surface area contributed by atoms with Crippen LogP contribution in [-0.4, -0.2) is 12.6 Å². The van der Waals surface area contributed by atoms with Gasteiger partial charge in [0.25, 0.3) is 0 Å². The largest absolute Gasteiger partial charge is 0.546 e. The average Bonchev–Trinajstić information content (AvgIpc) is 2.03. The van der Waals surface area contributed by atoms with E-state index in [-0.39, 0.29) is 0 Å². The van der Waals surface area contributed by atoms with Crippen LogP contribution in [0.2, 0.25) is 0 Å². The molecule has 0 aromatic heterocycles. The molecule has 0 saturated heterocycles. The summed E-state index contributed by atoms with van der Waals surface area (Å²) in [4.78, 5) is 9.94. The summed E-state index contributed by atoms with van der Waals surface area (Å²) in [7, 11) is 0. The molecule has 0 N–H and O–H groups in total. The Morgan fingerprint density at radius 2 is 2.00 bits per heavy atom. The summed E-state index contributed by atoms with van der Waals surface area (Å²) >= 11 is 0. The quantitative estimate of drug-likeness (QED) is 0.601. The first kappa shape index (κ1) is 7.60. The van der Waals surface area contributed by atoms with Crippen LogP contribution in [0.3, 0.4) is 0 Å². The lowest BCUT2D eigenvalue weighted by atomic mass is 10.3. The lowest BCUT2D eigenvalue weighted by Crippen LogP contribution is -2.28. The van der Waals surface area contributed by atoms with E-state index < -0.39 is 12.6 Å². The molecule has 0 aliphatic carbocycles. The number of benzene rings is 1. The molecule has 0 heterocycles. The van der Waals surface area contributed by atoms with Crippen LogP contribution in [0.5, 0.6) is 5.75 Å². The Balaban J connectivity index is 2.45. The molecule has 0 spiro atoms. The van der Waals surface area contributed by atoms with Crippen molar-refractivity contribution in [1.29, 1.82) is 0 Å². The Labute approximate surface area is 64.2 Å². The molecule has 0 unspecified atom stereocenters. The Hall–Kier alpha value is -1.51. The predicted molar refractivity (Wildman–Crippen MR) is 36.9 cm³/mol. The highest BCUT2D eigenvalue weighted by atomic mass is 16.5. The number of carboxylic acids is 1. The normalized spacial score (nSPS) is 9.09. The van der Waals surface area contributed by atoms with Gasteiger partial charge in [0.05, 0.1) is 5.97 Å². The lowest BCUT2D eigenvalue weighted by molar-refractivity contribution is -0.307. The molecule has 3 nitrogen and oxygen atoms in total. The fourth-order valence-electron chi connectivity index (χ4n) is 0.659. The smallest absolute Gasteiger partial charge is 0.128 e. The van der Waals surface area contributed by atoms with Crippen molar-refractivity contribution in [2.45, 2.75) is 0 Å². The maximum Gasteiger partial charge on any atom is 0.128 e. The average molecular weight is 151 g/mol. The van der Waals surface area contributed by atoms with Crippen LogP contribution in [0.25, 0.3) is 0 Å². The highest BCUT2D eigenvalue weighted by Gasteiger charge is 1.89. The van der Waals surface area contributed by atoms with E-state index in [2.05, 4.69) is 0 Å². The van der Waals surface area contributed by atoms with Crippen molar-refractivity contribution >= 4 is 5.97 Å². The van der Waals surface area contributed by atoms with Crippen molar-refractivity contribution in [2.24, 2.45) is 0 Å². The third-order valence-electron chi connectivity index (χ3n) is 1.10. The molecule has 1 rings (SSSR count). The van der Waals surface area contributed by atoms with Crippen LogP contribution >= 0.6 is 0 Å². The third kappa shape index (κ3) is 2.71. The van der Waals surface area contributed by atoms with Gasteiger partial charge in [-0.25, -0.2) is 0 Å². The molecule has 11 heavy (non-hydrogen) atoms. The van der Waals surface area contributed by atoms with Gasteiger partial charge in [0.1, 0.15) is 12.4 Å². The van der Waals surface area contributed by atoms with Crippen molar-refractivity contribution < 1.29 is 14.6 Å². The van der Waals surface area contributed by atoms with Gasteiger partial charge in [-0.3, -0.25) is 0 Å². The molecule has 0 radical (unpaired) electrons. The molecular formula is C8H7O3-. The zero-order valence-electron chi connectivity index (χ0n) is 5.82. The zero-order valence-corrected chi connectivity index (χ0v) is 5.82. The topological polar surface area (TPSA) is 49.4 Å². The van der Waals surface area contributed by atoms with Gasteiger partial charge in [-0.2, -0.15) is 0 Å². The summed E-state index contributed by atoms with van der Waals surface area (Å²) in [6.07, 6.45) is 0. The molecule has 1 aromatic carbocycles. The Morgan fingerprint density at radius 1 is 1.36 bits per heavy atom. The van der Waals surface area contributed by atoms with Crippen LogP contribution in [0.4, 0.5) is 0 Å². The van der Waals surface area contributed by atoms with Gasteiger partial charge in [0, 0.05) is 0 Å². The van der Waals surface area contributed by atoms with E-state index in [0.29, 0.717) is 5.75 Å². The minimum Gasteiger partial charge on any atom is -0.546 e. The maximum absolute atomic E-state index is 9.94. The van der Waals surface area contributed by atoms with Crippen molar-refractivity contribution in [2.75, 3.05) is 6.61 Å². The highest BCUT2D eigenvalue weighted by Crippen LogP contribution is 2.07. The van der Waals surface area contributed by atoms with Gasteiger partial charge in [-0.1, -0.05) is 18.2 Å². The van der Waals surface area contributed by atoms with Gasteiger partial charge in [-0.05, 0) is 12.1 Å². The van der Waals surface area contributed by atoms with Gasteiger partial charge in [-0.15, -0.1) is 0 Å². The predicted octanol–water partition coefficient (Wildman–Crippen LogP) is -0.185. The second-order valence-corrected chi connectivity index (χ2v) is 1.97. The number of hydrogen-bond acceptors (Lipinski definition) is 3. The van der Waals surface area contributed by atoms with E-state index in [1.165, 1.54) is 0 Å². The lowest BCUT2D eigenvalue weighted by Gasteiger charge is -2.04. The van der Waals surface area contributed by atoms with Gasteiger partial charge < -0.3 is 14.6 Å². The minimum atomic E-state index is -1.21. The second-order valence-electron chi connectivity index (χ2n) is 1.97. The molecule has 0 aliphatic rings. The van der Waals surface area contributed by atoms with E-state index in [1.54, 1.807) is 24.3 Å². The number of carbonyl (C=O) groups is 1. The first-order valence-electron chi connectivity index (χ1n) is 3.17. The summed E-state index contributed by atoms with van der Waals surface area (Å²) in [5.41, 5.74) is 0. The van der Waals surface area contributed by atoms with Crippen LogP contribution in [0, 0.1) is 0 Å². The maximum atomic E-state index is 9.94. The molecule has 3 heteroatoms. The Kier molecular flexibility index (Phi) is 2.49. The molecule has 0 aliphatic heterocycles. The van der Waals surface area contributed by atoms with Crippen LogP contribution < -0.4 is 9.84 Å². The summed E-state index contributed by atoms with van der Waals surface area (Å²) in [5, 5.41) is 9.94. The van der Waals surface area contributed by atoms with E-state index in [4.69, 9.17) is 4.74 Å². The van der Waals surface area contributed by atoms with Crippen molar-refractivity contribution in [3.05, 3.63) is 30.3 Å². The molecule has 58 valence electrons. The minimum absolute atomic E-state index is 0.399. The standard InChI is InChI=1S/C8H8O3/c9-8(10)6-11-7-4-2-1-3-5-7/h1-5H,6H2,(H,9,10)/p-1. The highest BCUT2D eigenvalue weighted by molar-refractivity contribution is 5.66. The van der Waals surface area contributed by atoms with Gasteiger partial charge >= 0.3 is 0 Å². The van der Waals surface area contributed by atoms with E-state index in [9.17, 15) is 9.90 Å². The number of aliphatic carboxylic acids is 1. The van der Waals surface area contributed by atoms with E-state index >= 15 is 0 Å². The van der Waals surface area contributed by atoms with E-state index in [1.807, 2.05) is 6.07 Å². The molecule has 0 bridgehead atoms. The monoisotopic (exact) mass is 151 g/mol. The van der Waals surface area contributed by atoms with Crippen LogP contribution in [-0.2, 0) is 4.79 Å². The number of carboxylic acid groups (broad SMARTS) is 1. The number of para-hydroxylation sites is 1. The SMILES string of the molecule is O=C([O-])COc1ccccc1. The van der Waals surface area contributed by atoms with Crippen molar-refractivity contribution in [1.82, 2.24) is 0 Å². The second kappa shape index (κ2) is 3.61. The fourth-order valence-corrected chi connectivity index (χ4v) is 0.659. The first-order chi connectivity index (χ1) is 5.29. The summed E-state index contributed by atoms with van der Waals surface area (Å²) in [6, 6.07) is 8.73. The van der Waals surface area contributed by atoms with Crippen molar-refractivity contribution in [3.8, 4) is 5.75 Å². The van der Waals surface area contributed by atoms with Gasteiger partial charge in [0.15, 0.2) is 0 Å². The summed E-state index contributed by atoms with van der Waals surface area (Å²) in [6.45, 7) is -0.399.